The fourth-order valence-corrected chi connectivity index (χ4v) is 5.16. The van der Waals surface area contributed by atoms with Crippen LogP contribution in [0.15, 0.2) is 24.5 Å². The van der Waals surface area contributed by atoms with Crippen LogP contribution >= 0.6 is 0 Å². The molecule has 1 atom stereocenters. The topological polar surface area (TPSA) is 135 Å². The van der Waals surface area contributed by atoms with Crippen molar-refractivity contribution in [1.82, 2.24) is 24.9 Å². The Morgan fingerprint density at radius 2 is 1.95 bits per heavy atom. The average molecular weight is 535 g/mol. The number of anilines is 2. The molecule has 1 saturated heterocycles. The minimum atomic E-state index is -0.712. The Labute approximate surface area is 224 Å². The monoisotopic (exact) mass is 534 g/mol. The van der Waals surface area contributed by atoms with Gasteiger partial charge in [0.15, 0.2) is 5.75 Å². The van der Waals surface area contributed by atoms with Gasteiger partial charge in [-0.05, 0) is 52.7 Å². The first-order valence-corrected chi connectivity index (χ1v) is 12.9. The number of nitrogens with two attached hydrogens (primary N) is 1. The summed E-state index contributed by atoms with van der Waals surface area (Å²) in [5.74, 6) is 1.08. The molecule has 0 radical (unpaired) electrons. The molecule has 3 aromatic heterocycles. The van der Waals surface area contributed by atoms with Gasteiger partial charge in [0.1, 0.15) is 28.7 Å². The highest BCUT2D eigenvalue weighted by atomic mass is 19.1. The van der Waals surface area contributed by atoms with Crippen molar-refractivity contribution in [1.29, 1.82) is 0 Å². The summed E-state index contributed by atoms with van der Waals surface area (Å²) in [6.45, 7) is 8.45. The van der Waals surface area contributed by atoms with E-state index in [1.54, 1.807) is 47.1 Å². The highest BCUT2D eigenvalue weighted by Crippen LogP contribution is 2.53. The molecule has 12 heteroatoms. The van der Waals surface area contributed by atoms with Gasteiger partial charge in [0.2, 0.25) is 0 Å². The average Bonchev–Trinajstić information content (AvgIpc) is 3.45. The van der Waals surface area contributed by atoms with E-state index in [2.05, 4.69) is 24.8 Å². The second-order valence-electron chi connectivity index (χ2n) is 11.5. The zero-order valence-electron chi connectivity index (χ0n) is 22.6. The van der Waals surface area contributed by atoms with Gasteiger partial charge in [0.05, 0.1) is 29.0 Å². The summed E-state index contributed by atoms with van der Waals surface area (Å²) in [5.41, 5.74) is 7.16. The number of aryl methyl sites for hydroxylation is 1. The number of benzene rings is 1. The third-order valence-electron chi connectivity index (χ3n) is 7.36. The number of nitrogens with one attached hydrogen (secondary N) is 1. The van der Waals surface area contributed by atoms with Gasteiger partial charge in [-0.3, -0.25) is 4.90 Å². The zero-order valence-corrected chi connectivity index (χ0v) is 22.6. The van der Waals surface area contributed by atoms with Crippen LogP contribution in [0.2, 0.25) is 0 Å². The van der Waals surface area contributed by atoms with E-state index in [1.807, 2.05) is 0 Å². The van der Waals surface area contributed by atoms with Gasteiger partial charge in [-0.2, -0.15) is 9.97 Å². The number of hydrogen-bond donors (Lipinski definition) is 2. The normalized spacial score (nSPS) is 18.2. The Hall–Kier alpha value is -4.06. The number of ether oxygens (including phenoxy) is 2. The third-order valence-corrected chi connectivity index (χ3v) is 7.36. The molecule has 204 valence electrons. The summed E-state index contributed by atoms with van der Waals surface area (Å²) < 4.78 is 26.5. The molecule has 1 amide bonds. The smallest absolute Gasteiger partial charge is 0.414 e. The van der Waals surface area contributed by atoms with Crippen LogP contribution in [-0.2, 0) is 4.74 Å². The minimum Gasteiger partial charge on any atom is -0.443 e. The van der Waals surface area contributed by atoms with Gasteiger partial charge in [-0.25, -0.2) is 19.2 Å². The third kappa shape index (κ3) is 4.58. The summed E-state index contributed by atoms with van der Waals surface area (Å²) in [4.78, 5) is 37.3. The quantitative estimate of drug-likeness (QED) is 0.389. The molecule has 6 rings (SSSR count). The molecule has 3 N–H and O–H groups in total. The second-order valence-corrected chi connectivity index (χ2v) is 11.5. The zero-order chi connectivity index (χ0) is 27.7. The largest absolute Gasteiger partial charge is 0.443 e. The van der Waals surface area contributed by atoms with E-state index >= 15 is 4.39 Å². The number of fused-ring (bicyclic) bond motifs is 3. The Bertz CT molecular complexity index is 1590. The Kier molecular flexibility index (Phi) is 5.65. The number of carbonyl (C=O) groups is 1. The van der Waals surface area contributed by atoms with Gasteiger partial charge in [0, 0.05) is 37.0 Å². The van der Waals surface area contributed by atoms with Crippen LogP contribution in [0.4, 0.5) is 20.7 Å². The molecule has 0 bridgehead atoms. The van der Waals surface area contributed by atoms with Crippen molar-refractivity contribution in [3.05, 3.63) is 36.2 Å². The van der Waals surface area contributed by atoms with E-state index in [4.69, 9.17) is 20.2 Å². The highest BCUT2D eigenvalue weighted by Gasteiger charge is 2.54. The summed E-state index contributed by atoms with van der Waals surface area (Å²) in [7, 11) is 1.54. The molecular weight excluding hydrogens is 503 g/mol. The van der Waals surface area contributed by atoms with E-state index in [-0.39, 0.29) is 17.5 Å². The van der Waals surface area contributed by atoms with E-state index in [9.17, 15) is 4.79 Å². The van der Waals surface area contributed by atoms with E-state index in [0.717, 1.165) is 19.4 Å². The van der Waals surface area contributed by atoms with Crippen molar-refractivity contribution in [2.45, 2.75) is 52.2 Å². The number of halogens is 1. The first-order chi connectivity index (χ1) is 18.4. The molecular formula is C27H31FN8O3. The van der Waals surface area contributed by atoms with Crippen molar-refractivity contribution in [3.63, 3.8) is 0 Å². The van der Waals surface area contributed by atoms with Crippen molar-refractivity contribution in [2.75, 3.05) is 29.9 Å². The molecule has 4 aromatic rings. The fraction of sp³-hybridized carbons (Fsp3) is 0.444. The number of nitrogens with zero attached hydrogens (tertiary/aromatic N) is 6. The lowest BCUT2D eigenvalue weighted by Crippen LogP contribution is -2.34. The van der Waals surface area contributed by atoms with E-state index in [0.29, 0.717) is 51.6 Å². The van der Waals surface area contributed by atoms with Crippen LogP contribution in [0, 0.1) is 18.2 Å². The van der Waals surface area contributed by atoms with Gasteiger partial charge in [0.25, 0.3) is 0 Å². The predicted octanol–water partition coefficient (Wildman–Crippen LogP) is 4.44. The summed E-state index contributed by atoms with van der Waals surface area (Å²) in [6, 6.07) is 2.81. The molecule has 2 aliphatic rings. The lowest BCUT2D eigenvalue weighted by atomic mass is 10.0. The number of aromatic nitrogens is 5. The molecule has 1 aliphatic heterocycles. The standard InChI is InChI=1S/C27H31FN8O3/c1-14-30-10-16(11-31-14)38-24-33-22-20(23(34-24)36-12-19(29)27(13-36)6-7-27)17-8-15(28)9-18(21(17)32-22)35(5)25(37)39-26(2,3)4/h8-11,19H,6-7,12-13,29H2,1-5H3,(H,32,33,34)/t19-/m0/s1. The predicted molar refractivity (Wildman–Crippen MR) is 145 cm³/mol. The van der Waals surface area contributed by atoms with Gasteiger partial charge in [-0.15, -0.1) is 0 Å². The molecule has 0 unspecified atom stereocenters. The molecule has 2 fully saturated rings. The fourth-order valence-electron chi connectivity index (χ4n) is 5.16. The van der Waals surface area contributed by atoms with Gasteiger partial charge >= 0.3 is 12.1 Å². The SMILES string of the molecule is Cc1ncc(Oc2nc(N3C[C@H](N)C4(CC4)C3)c3c(n2)[nH]c2c(N(C)C(=O)OC(C)(C)C)cc(F)cc23)cn1. The van der Waals surface area contributed by atoms with Crippen molar-refractivity contribution in [3.8, 4) is 11.8 Å². The van der Waals surface area contributed by atoms with Gasteiger partial charge in [-0.1, -0.05) is 0 Å². The molecule has 1 aliphatic carbocycles. The number of H-pyrrole nitrogens is 1. The minimum absolute atomic E-state index is 0.00758. The van der Waals surface area contributed by atoms with Crippen LogP contribution in [-0.4, -0.2) is 62.8 Å². The second kappa shape index (κ2) is 8.73. The maximum atomic E-state index is 15.1. The van der Waals surface area contributed by atoms with Crippen LogP contribution in [0.25, 0.3) is 21.9 Å². The summed E-state index contributed by atoms with van der Waals surface area (Å²) >= 11 is 0. The maximum absolute atomic E-state index is 15.1. The molecule has 11 nitrogen and oxygen atoms in total. The van der Waals surface area contributed by atoms with E-state index in [1.165, 1.54) is 17.0 Å². The summed E-state index contributed by atoms with van der Waals surface area (Å²) in [6.07, 6.45) is 4.63. The molecule has 4 heterocycles. The lowest BCUT2D eigenvalue weighted by Gasteiger charge is -2.25. The lowest BCUT2D eigenvalue weighted by molar-refractivity contribution is 0.0589. The first-order valence-electron chi connectivity index (χ1n) is 12.9. The van der Waals surface area contributed by atoms with Crippen LogP contribution in [0.1, 0.15) is 39.4 Å². The molecule has 1 saturated carbocycles. The Balaban J connectivity index is 1.51. The van der Waals surface area contributed by atoms with Crippen molar-refractivity contribution >= 4 is 39.5 Å². The maximum Gasteiger partial charge on any atom is 0.414 e. The molecule has 1 aromatic carbocycles. The highest BCUT2D eigenvalue weighted by molar-refractivity contribution is 6.16. The van der Waals surface area contributed by atoms with Crippen molar-refractivity contribution in [2.24, 2.45) is 11.1 Å². The van der Waals surface area contributed by atoms with Crippen LogP contribution in [0.3, 0.4) is 0 Å². The number of rotatable bonds is 4. The Morgan fingerprint density at radius 1 is 1.23 bits per heavy atom. The van der Waals surface area contributed by atoms with Gasteiger partial charge < -0.3 is 25.1 Å². The summed E-state index contributed by atoms with van der Waals surface area (Å²) in [5, 5.41) is 1.17. The number of carbonyl (C=O) groups excluding carboxylic acids is 1. The molecule has 1 spiro atoms. The first kappa shape index (κ1) is 25.2. The Morgan fingerprint density at radius 3 is 2.59 bits per heavy atom. The van der Waals surface area contributed by atoms with Crippen LogP contribution < -0.4 is 20.3 Å². The van der Waals surface area contributed by atoms with E-state index < -0.39 is 17.5 Å². The molecule has 39 heavy (non-hydrogen) atoms. The number of hydrogen-bond acceptors (Lipinski definition) is 9. The van der Waals surface area contributed by atoms with Crippen LogP contribution in [0.5, 0.6) is 11.8 Å². The number of amides is 1. The number of aromatic amines is 1. The van der Waals surface area contributed by atoms with Crippen molar-refractivity contribution < 1.29 is 18.7 Å².